The van der Waals surface area contributed by atoms with Crippen LogP contribution in [0.1, 0.15) is 35.8 Å². The van der Waals surface area contributed by atoms with E-state index in [2.05, 4.69) is 15.4 Å². The topological polar surface area (TPSA) is 80.0 Å². The molecule has 6 nitrogen and oxygen atoms in total. The number of aliphatic hydroxyl groups excluding tert-OH is 1. The summed E-state index contributed by atoms with van der Waals surface area (Å²) in [7, 11) is 0. The van der Waals surface area contributed by atoms with Gasteiger partial charge in [0.25, 0.3) is 5.91 Å². The van der Waals surface area contributed by atoms with Gasteiger partial charge in [0, 0.05) is 25.0 Å². The Labute approximate surface area is 123 Å². The second-order valence-electron chi connectivity index (χ2n) is 4.85. The highest BCUT2D eigenvalue weighted by Gasteiger charge is 2.17. The maximum absolute atomic E-state index is 12.3. The third-order valence-electron chi connectivity index (χ3n) is 3.47. The summed E-state index contributed by atoms with van der Waals surface area (Å²) in [5, 5.41) is 16.2. The molecule has 1 unspecified atom stereocenters. The number of aliphatic hydroxyl groups is 1. The zero-order chi connectivity index (χ0) is 15.2. The van der Waals surface area contributed by atoms with Gasteiger partial charge in [0.1, 0.15) is 0 Å². The standard InChI is InChI=1S/C15H20N4O2/c1-3-12(6-9-20)18-15(21)14-10-17-19(11(14)2)13-4-7-16-8-5-13/h4-5,7-8,10,12,20H,3,6,9H2,1-2H3,(H,18,21). The van der Waals surface area contributed by atoms with Gasteiger partial charge in [-0.3, -0.25) is 9.78 Å². The maximum atomic E-state index is 12.3. The monoisotopic (exact) mass is 288 g/mol. The lowest BCUT2D eigenvalue weighted by atomic mass is 10.1. The van der Waals surface area contributed by atoms with Gasteiger partial charge in [0.2, 0.25) is 0 Å². The Balaban J connectivity index is 2.18. The van der Waals surface area contributed by atoms with Gasteiger partial charge in [-0.05, 0) is 31.9 Å². The van der Waals surface area contributed by atoms with Crippen molar-refractivity contribution in [3.05, 3.63) is 42.0 Å². The molecule has 0 aromatic carbocycles. The van der Waals surface area contributed by atoms with Crippen LogP contribution in [0, 0.1) is 6.92 Å². The number of pyridine rings is 1. The molecular formula is C15H20N4O2. The molecule has 112 valence electrons. The normalized spacial score (nSPS) is 12.1. The molecule has 0 saturated carbocycles. The van der Waals surface area contributed by atoms with Crippen molar-refractivity contribution >= 4 is 5.91 Å². The number of nitrogens with zero attached hydrogens (tertiary/aromatic N) is 3. The predicted octanol–water partition coefficient (Wildman–Crippen LogP) is 1.47. The molecule has 0 bridgehead atoms. The first-order valence-corrected chi connectivity index (χ1v) is 7.04. The average molecular weight is 288 g/mol. The molecule has 0 aliphatic carbocycles. The summed E-state index contributed by atoms with van der Waals surface area (Å²) in [6.07, 6.45) is 6.27. The largest absolute Gasteiger partial charge is 0.396 e. The van der Waals surface area contributed by atoms with E-state index in [-0.39, 0.29) is 18.6 Å². The van der Waals surface area contributed by atoms with Gasteiger partial charge >= 0.3 is 0 Å². The molecule has 2 aromatic heterocycles. The van der Waals surface area contributed by atoms with E-state index in [4.69, 9.17) is 5.11 Å². The second kappa shape index (κ2) is 6.99. The highest BCUT2D eigenvalue weighted by molar-refractivity contribution is 5.95. The molecule has 21 heavy (non-hydrogen) atoms. The summed E-state index contributed by atoms with van der Waals surface area (Å²) in [4.78, 5) is 16.3. The summed E-state index contributed by atoms with van der Waals surface area (Å²) in [6, 6.07) is 3.65. The minimum Gasteiger partial charge on any atom is -0.396 e. The molecule has 2 heterocycles. The SMILES string of the molecule is CCC(CCO)NC(=O)c1cnn(-c2ccncc2)c1C. The van der Waals surface area contributed by atoms with Gasteiger partial charge in [0.05, 0.1) is 23.1 Å². The third kappa shape index (κ3) is 3.46. The summed E-state index contributed by atoms with van der Waals surface area (Å²) in [5.41, 5.74) is 2.18. The van der Waals surface area contributed by atoms with E-state index in [1.165, 1.54) is 0 Å². The van der Waals surface area contributed by atoms with E-state index in [0.29, 0.717) is 12.0 Å². The van der Waals surface area contributed by atoms with Crippen molar-refractivity contribution < 1.29 is 9.90 Å². The minimum atomic E-state index is -0.159. The average Bonchev–Trinajstić information content (AvgIpc) is 2.89. The highest BCUT2D eigenvalue weighted by Crippen LogP contribution is 2.13. The number of carbonyl (C=O) groups is 1. The van der Waals surface area contributed by atoms with E-state index in [0.717, 1.165) is 17.8 Å². The van der Waals surface area contributed by atoms with Crippen molar-refractivity contribution in [2.24, 2.45) is 0 Å². The van der Waals surface area contributed by atoms with Crippen molar-refractivity contribution in [1.82, 2.24) is 20.1 Å². The molecule has 0 fully saturated rings. The quantitative estimate of drug-likeness (QED) is 0.843. The van der Waals surface area contributed by atoms with Crippen molar-refractivity contribution in [2.45, 2.75) is 32.7 Å². The number of amides is 1. The number of aromatic nitrogens is 3. The minimum absolute atomic E-state index is 0.0221. The van der Waals surface area contributed by atoms with Crippen LogP contribution < -0.4 is 5.32 Å². The van der Waals surface area contributed by atoms with Crippen LogP contribution in [0.3, 0.4) is 0 Å². The van der Waals surface area contributed by atoms with Crippen LogP contribution in [0.2, 0.25) is 0 Å². The molecule has 2 N–H and O–H groups in total. The number of rotatable bonds is 6. The number of hydrogen-bond donors (Lipinski definition) is 2. The molecular weight excluding hydrogens is 268 g/mol. The second-order valence-corrected chi connectivity index (χ2v) is 4.85. The summed E-state index contributed by atoms with van der Waals surface area (Å²) in [6.45, 7) is 3.90. The zero-order valence-corrected chi connectivity index (χ0v) is 12.3. The lowest BCUT2D eigenvalue weighted by Crippen LogP contribution is -2.35. The van der Waals surface area contributed by atoms with Crippen LogP contribution in [0.5, 0.6) is 0 Å². The Morgan fingerprint density at radius 3 is 2.76 bits per heavy atom. The van der Waals surface area contributed by atoms with Crippen molar-refractivity contribution in [3.63, 3.8) is 0 Å². The molecule has 2 aromatic rings. The van der Waals surface area contributed by atoms with Gasteiger partial charge < -0.3 is 10.4 Å². The molecule has 6 heteroatoms. The number of hydrogen-bond acceptors (Lipinski definition) is 4. The summed E-state index contributed by atoms with van der Waals surface area (Å²) < 4.78 is 1.71. The van der Waals surface area contributed by atoms with Crippen LogP contribution in [0.15, 0.2) is 30.7 Å². The van der Waals surface area contributed by atoms with Gasteiger partial charge in [-0.25, -0.2) is 4.68 Å². The smallest absolute Gasteiger partial charge is 0.254 e. The predicted molar refractivity (Wildman–Crippen MR) is 79.3 cm³/mol. The first-order valence-electron chi connectivity index (χ1n) is 7.04. The van der Waals surface area contributed by atoms with Crippen molar-refractivity contribution in [2.75, 3.05) is 6.61 Å². The Hall–Kier alpha value is -2.21. The molecule has 0 radical (unpaired) electrons. The maximum Gasteiger partial charge on any atom is 0.254 e. The highest BCUT2D eigenvalue weighted by atomic mass is 16.3. The Morgan fingerprint density at radius 2 is 2.14 bits per heavy atom. The van der Waals surface area contributed by atoms with Crippen molar-refractivity contribution in [1.29, 1.82) is 0 Å². The fourth-order valence-electron chi connectivity index (χ4n) is 2.18. The molecule has 0 aliphatic heterocycles. The van der Waals surface area contributed by atoms with Crippen LogP contribution in [0.25, 0.3) is 5.69 Å². The molecule has 0 saturated heterocycles. The summed E-state index contributed by atoms with van der Waals surface area (Å²) >= 11 is 0. The van der Waals surface area contributed by atoms with E-state index in [1.54, 1.807) is 23.3 Å². The number of nitrogens with one attached hydrogen (secondary N) is 1. The summed E-state index contributed by atoms with van der Waals surface area (Å²) in [5.74, 6) is -0.159. The van der Waals surface area contributed by atoms with Crippen LogP contribution >= 0.6 is 0 Å². The van der Waals surface area contributed by atoms with Crippen LogP contribution in [0.4, 0.5) is 0 Å². The van der Waals surface area contributed by atoms with E-state index in [1.807, 2.05) is 26.0 Å². The lowest BCUT2D eigenvalue weighted by Gasteiger charge is -2.15. The Kier molecular flexibility index (Phi) is 5.05. The van der Waals surface area contributed by atoms with E-state index >= 15 is 0 Å². The molecule has 1 amide bonds. The zero-order valence-electron chi connectivity index (χ0n) is 12.3. The van der Waals surface area contributed by atoms with Crippen LogP contribution in [-0.4, -0.2) is 38.4 Å². The fourth-order valence-corrected chi connectivity index (χ4v) is 2.18. The fraction of sp³-hybridized carbons (Fsp3) is 0.400. The van der Waals surface area contributed by atoms with Gasteiger partial charge in [-0.1, -0.05) is 6.92 Å². The number of carbonyl (C=O) groups excluding carboxylic acids is 1. The lowest BCUT2D eigenvalue weighted by molar-refractivity contribution is 0.0928. The van der Waals surface area contributed by atoms with E-state index < -0.39 is 0 Å². The third-order valence-corrected chi connectivity index (χ3v) is 3.47. The first-order chi connectivity index (χ1) is 10.2. The van der Waals surface area contributed by atoms with E-state index in [9.17, 15) is 4.79 Å². The molecule has 1 atom stereocenters. The van der Waals surface area contributed by atoms with Crippen LogP contribution in [-0.2, 0) is 0 Å². The molecule has 0 aliphatic rings. The molecule has 2 rings (SSSR count). The first kappa shape index (κ1) is 15.2. The van der Waals surface area contributed by atoms with Gasteiger partial charge in [0.15, 0.2) is 0 Å². The molecule has 0 spiro atoms. The van der Waals surface area contributed by atoms with Crippen molar-refractivity contribution in [3.8, 4) is 5.69 Å². The Bertz CT molecular complexity index is 595. The Morgan fingerprint density at radius 1 is 1.43 bits per heavy atom. The van der Waals surface area contributed by atoms with Gasteiger partial charge in [-0.2, -0.15) is 5.10 Å². The van der Waals surface area contributed by atoms with Gasteiger partial charge in [-0.15, -0.1) is 0 Å².